The van der Waals surface area contributed by atoms with Gasteiger partial charge in [-0.05, 0) is 28.1 Å². The molecule has 0 atom stereocenters. The Kier molecular flexibility index (Phi) is 3.77. The van der Waals surface area contributed by atoms with Gasteiger partial charge in [-0.15, -0.1) is 0 Å². The molecule has 2 aromatic heterocycles. The van der Waals surface area contributed by atoms with Gasteiger partial charge < -0.3 is 9.47 Å². The summed E-state index contributed by atoms with van der Waals surface area (Å²) in [6.45, 7) is 2.58. The number of hydrogen-bond acceptors (Lipinski definition) is 2. The molecule has 0 aliphatic carbocycles. The van der Waals surface area contributed by atoms with Crippen molar-refractivity contribution < 1.29 is 8.78 Å². The molecule has 0 aromatic carbocycles. The van der Waals surface area contributed by atoms with E-state index >= 15 is 0 Å². The van der Waals surface area contributed by atoms with Gasteiger partial charge in [-0.2, -0.15) is 0 Å². The number of piperidine rings is 1. The van der Waals surface area contributed by atoms with Crippen LogP contribution >= 0.6 is 15.9 Å². The lowest BCUT2D eigenvalue weighted by molar-refractivity contribution is -0.0554. The van der Waals surface area contributed by atoms with Gasteiger partial charge in [0.05, 0.1) is 5.52 Å². The van der Waals surface area contributed by atoms with Crippen LogP contribution in [0, 0.1) is 0 Å². The zero-order valence-corrected chi connectivity index (χ0v) is 12.6. The lowest BCUT2D eigenvalue weighted by Gasteiger charge is -2.31. The first-order chi connectivity index (χ1) is 9.53. The number of rotatable bonds is 3. The maximum absolute atomic E-state index is 13.1. The molecule has 0 unspecified atom stereocenters. The van der Waals surface area contributed by atoms with E-state index in [9.17, 15) is 8.78 Å². The Hall–Kier alpha value is -1.01. The Labute approximate surface area is 124 Å². The first kappa shape index (κ1) is 13.9. The molecule has 1 saturated heterocycles. The predicted octanol–water partition coefficient (Wildman–Crippen LogP) is 3.53. The van der Waals surface area contributed by atoms with Crippen molar-refractivity contribution in [1.82, 2.24) is 14.5 Å². The van der Waals surface area contributed by atoms with Gasteiger partial charge in [0.1, 0.15) is 4.60 Å². The number of aromatic nitrogens is 2. The normalized spacial score (nSPS) is 19.6. The van der Waals surface area contributed by atoms with E-state index in [4.69, 9.17) is 0 Å². The summed E-state index contributed by atoms with van der Waals surface area (Å²) in [5.41, 5.74) is 1.12. The van der Waals surface area contributed by atoms with E-state index in [1.807, 2.05) is 24.5 Å². The Morgan fingerprint density at radius 3 is 2.75 bits per heavy atom. The van der Waals surface area contributed by atoms with Crippen LogP contribution in [-0.4, -0.2) is 40.0 Å². The molecule has 20 heavy (non-hydrogen) atoms. The van der Waals surface area contributed by atoms with E-state index in [2.05, 4.69) is 30.4 Å². The third kappa shape index (κ3) is 3.01. The van der Waals surface area contributed by atoms with Gasteiger partial charge in [-0.1, -0.05) is 0 Å². The standard InChI is InChI=1S/C14H16BrF2N3/c15-13-9-12-11(10-18-13)1-4-20(12)8-7-19-5-2-14(16,17)3-6-19/h1,4,9-10H,2-3,5-8H2. The molecule has 0 radical (unpaired) electrons. The smallest absolute Gasteiger partial charge is 0.250 e. The van der Waals surface area contributed by atoms with E-state index in [0.29, 0.717) is 13.1 Å². The van der Waals surface area contributed by atoms with E-state index < -0.39 is 5.92 Å². The van der Waals surface area contributed by atoms with Gasteiger partial charge in [-0.25, -0.2) is 13.8 Å². The van der Waals surface area contributed by atoms with Crippen molar-refractivity contribution in [3.05, 3.63) is 29.1 Å². The highest BCUT2D eigenvalue weighted by molar-refractivity contribution is 9.10. The van der Waals surface area contributed by atoms with E-state index in [-0.39, 0.29) is 12.8 Å². The molecule has 0 spiro atoms. The quantitative estimate of drug-likeness (QED) is 0.795. The minimum atomic E-state index is -2.47. The summed E-state index contributed by atoms with van der Waals surface area (Å²) in [4.78, 5) is 6.31. The SMILES string of the molecule is FC1(F)CCN(CCn2ccc3cnc(Br)cc32)CC1. The molecule has 1 fully saturated rings. The molecule has 6 heteroatoms. The number of fused-ring (bicyclic) bond motifs is 1. The third-order valence-electron chi connectivity index (χ3n) is 3.87. The summed E-state index contributed by atoms with van der Waals surface area (Å²) in [6, 6.07) is 4.01. The van der Waals surface area contributed by atoms with Crippen LogP contribution in [0.3, 0.4) is 0 Å². The van der Waals surface area contributed by atoms with Crippen LogP contribution in [0.4, 0.5) is 8.78 Å². The molecule has 0 N–H and O–H groups in total. The molecule has 0 bridgehead atoms. The van der Waals surface area contributed by atoms with Crippen molar-refractivity contribution in [2.45, 2.75) is 25.3 Å². The van der Waals surface area contributed by atoms with Crippen molar-refractivity contribution >= 4 is 26.8 Å². The van der Waals surface area contributed by atoms with Crippen LogP contribution in [0.15, 0.2) is 29.1 Å². The Bertz CT molecular complexity index is 601. The zero-order chi connectivity index (χ0) is 14.2. The molecule has 3 heterocycles. The van der Waals surface area contributed by atoms with Crippen molar-refractivity contribution in [3.63, 3.8) is 0 Å². The van der Waals surface area contributed by atoms with Crippen LogP contribution in [-0.2, 0) is 6.54 Å². The van der Waals surface area contributed by atoms with E-state index in [1.54, 1.807) is 0 Å². The minimum Gasteiger partial charge on any atom is -0.346 e. The molecule has 3 rings (SSSR count). The van der Waals surface area contributed by atoms with Crippen molar-refractivity contribution in [3.8, 4) is 0 Å². The van der Waals surface area contributed by atoms with Crippen molar-refractivity contribution in [2.75, 3.05) is 19.6 Å². The van der Waals surface area contributed by atoms with Gasteiger partial charge in [0.15, 0.2) is 0 Å². The highest BCUT2D eigenvalue weighted by Crippen LogP contribution is 2.27. The molecule has 1 aliphatic heterocycles. The van der Waals surface area contributed by atoms with Crippen LogP contribution in [0.25, 0.3) is 10.9 Å². The Balaban J connectivity index is 1.64. The largest absolute Gasteiger partial charge is 0.346 e. The molecule has 2 aromatic rings. The van der Waals surface area contributed by atoms with Gasteiger partial charge >= 0.3 is 0 Å². The highest BCUT2D eigenvalue weighted by atomic mass is 79.9. The second kappa shape index (κ2) is 5.41. The summed E-state index contributed by atoms with van der Waals surface area (Å²) in [6.07, 6.45) is 3.82. The molecular weight excluding hydrogens is 328 g/mol. The highest BCUT2D eigenvalue weighted by Gasteiger charge is 2.33. The summed E-state index contributed by atoms with van der Waals surface area (Å²) in [5, 5.41) is 1.10. The van der Waals surface area contributed by atoms with Gasteiger partial charge in [0.25, 0.3) is 5.92 Å². The number of halogens is 3. The summed E-state index contributed by atoms with van der Waals surface area (Å²) >= 11 is 3.37. The van der Waals surface area contributed by atoms with Gasteiger partial charge in [0.2, 0.25) is 0 Å². The fourth-order valence-corrected chi connectivity index (χ4v) is 2.93. The van der Waals surface area contributed by atoms with E-state index in [0.717, 1.165) is 28.6 Å². The maximum Gasteiger partial charge on any atom is 0.250 e. The molecule has 3 nitrogen and oxygen atoms in total. The summed E-state index contributed by atoms with van der Waals surface area (Å²) in [5.74, 6) is -2.47. The number of hydrogen-bond donors (Lipinski definition) is 0. The van der Waals surface area contributed by atoms with Crippen LogP contribution in [0.1, 0.15) is 12.8 Å². The summed E-state index contributed by atoms with van der Waals surface area (Å²) in [7, 11) is 0. The molecule has 0 saturated carbocycles. The van der Waals surface area contributed by atoms with Gasteiger partial charge in [0, 0.05) is 56.8 Å². The van der Waals surface area contributed by atoms with Crippen LogP contribution < -0.4 is 0 Å². The lowest BCUT2D eigenvalue weighted by atomic mass is 10.1. The molecule has 108 valence electrons. The first-order valence-electron chi connectivity index (χ1n) is 6.74. The fraction of sp³-hybridized carbons (Fsp3) is 0.500. The van der Waals surface area contributed by atoms with Crippen LogP contribution in [0.5, 0.6) is 0 Å². The van der Waals surface area contributed by atoms with Crippen LogP contribution in [0.2, 0.25) is 0 Å². The fourth-order valence-electron chi connectivity index (χ4n) is 2.61. The number of likely N-dealkylation sites (tertiary alicyclic amines) is 1. The number of pyridine rings is 1. The maximum atomic E-state index is 13.1. The van der Waals surface area contributed by atoms with Gasteiger partial charge in [-0.3, -0.25) is 0 Å². The third-order valence-corrected chi connectivity index (χ3v) is 4.30. The second-order valence-electron chi connectivity index (χ2n) is 5.27. The average molecular weight is 344 g/mol. The molecular formula is C14H16BrF2N3. The Morgan fingerprint density at radius 1 is 1.25 bits per heavy atom. The molecule has 0 amide bonds. The minimum absolute atomic E-state index is 0.0190. The van der Waals surface area contributed by atoms with Crippen molar-refractivity contribution in [2.24, 2.45) is 0 Å². The van der Waals surface area contributed by atoms with E-state index in [1.165, 1.54) is 0 Å². The Morgan fingerprint density at radius 2 is 2.00 bits per heavy atom. The topological polar surface area (TPSA) is 21.1 Å². The molecule has 1 aliphatic rings. The first-order valence-corrected chi connectivity index (χ1v) is 7.53. The predicted molar refractivity (Wildman–Crippen MR) is 78.1 cm³/mol. The average Bonchev–Trinajstić information content (AvgIpc) is 2.80. The second-order valence-corrected chi connectivity index (χ2v) is 6.09. The summed E-state index contributed by atoms with van der Waals surface area (Å²) < 4.78 is 29.2. The lowest BCUT2D eigenvalue weighted by Crippen LogP contribution is -2.40. The monoisotopic (exact) mass is 343 g/mol. The van der Waals surface area contributed by atoms with Crippen molar-refractivity contribution in [1.29, 1.82) is 0 Å². The number of alkyl halides is 2. The number of nitrogens with zero attached hydrogens (tertiary/aromatic N) is 3. The zero-order valence-electron chi connectivity index (χ0n) is 11.0.